The van der Waals surface area contributed by atoms with Crippen molar-refractivity contribution in [1.29, 1.82) is 0 Å². The van der Waals surface area contributed by atoms with E-state index in [1.165, 1.54) is 12.1 Å². The van der Waals surface area contributed by atoms with Crippen molar-refractivity contribution < 1.29 is 18.0 Å². The van der Waals surface area contributed by atoms with Crippen molar-refractivity contribution in [3.05, 3.63) is 29.8 Å². The summed E-state index contributed by atoms with van der Waals surface area (Å²) in [6.07, 6.45) is -5.50. The first-order valence-electron chi connectivity index (χ1n) is 6.54. The van der Waals surface area contributed by atoms with Gasteiger partial charge >= 0.3 is 6.18 Å². The molecule has 3 N–H and O–H groups in total. The number of alkyl halides is 6. The first-order valence-corrected chi connectivity index (χ1v) is 8.08. The summed E-state index contributed by atoms with van der Waals surface area (Å²) in [4.78, 5) is 11.4. The molecule has 134 valence electrons. The molecule has 0 aliphatic rings. The van der Waals surface area contributed by atoms with Gasteiger partial charge in [-0.25, -0.2) is 0 Å². The van der Waals surface area contributed by atoms with Crippen molar-refractivity contribution in [3.8, 4) is 0 Å². The molecule has 1 rings (SSSR count). The fourth-order valence-electron chi connectivity index (χ4n) is 1.53. The number of thiocarbonyl (C=S) groups is 1. The van der Waals surface area contributed by atoms with Crippen LogP contribution in [0.2, 0.25) is 0 Å². The second-order valence-corrected chi connectivity index (χ2v) is 7.35. The van der Waals surface area contributed by atoms with Crippen molar-refractivity contribution in [3.63, 3.8) is 0 Å². The average molecular weight is 423 g/mol. The Morgan fingerprint density at radius 3 is 2.38 bits per heavy atom. The molecule has 1 amide bonds. The van der Waals surface area contributed by atoms with Crippen LogP contribution in [0, 0.1) is 0 Å². The van der Waals surface area contributed by atoms with Crippen molar-refractivity contribution in [2.75, 3.05) is 5.32 Å². The minimum atomic E-state index is -4.48. The summed E-state index contributed by atoms with van der Waals surface area (Å²) >= 11 is 22.2. The van der Waals surface area contributed by atoms with Crippen LogP contribution in [0.15, 0.2) is 24.3 Å². The molecule has 0 radical (unpaired) electrons. The zero-order chi connectivity index (χ0) is 18.5. The molecule has 0 fully saturated rings. The fraction of sp³-hybridized carbons (Fsp3) is 0.385. The predicted molar refractivity (Wildman–Crippen MR) is 93.3 cm³/mol. The van der Waals surface area contributed by atoms with Gasteiger partial charge in [-0.15, -0.1) is 0 Å². The third-order valence-corrected chi connectivity index (χ3v) is 3.55. The molecule has 1 aromatic rings. The third-order valence-electron chi connectivity index (χ3n) is 2.68. The van der Waals surface area contributed by atoms with Crippen molar-refractivity contribution >= 4 is 63.7 Å². The summed E-state index contributed by atoms with van der Waals surface area (Å²) in [6, 6.07) is 4.41. The monoisotopic (exact) mass is 421 g/mol. The maximum atomic E-state index is 12.7. The van der Waals surface area contributed by atoms with Crippen LogP contribution in [0.3, 0.4) is 0 Å². The number of carbonyl (C=O) groups excluding carboxylic acids is 1. The number of halogens is 6. The Hall–Kier alpha value is -0.960. The zero-order valence-corrected chi connectivity index (χ0v) is 15.3. The minimum Gasteiger partial charge on any atom is -0.339 e. The van der Waals surface area contributed by atoms with E-state index in [0.29, 0.717) is 0 Å². The molecule has 0 aromatic heterocycles. The number of anilines is 1. The van der Waals surface area contributed by atoms with Crippen LogP contribution >= 0.6 is 47.0 Å². The number of carbonyl (C=O) groups is 1. The smallest absolute Gasteiger partial charge is 0.339 e. The summed E-state index contributed by atoms with van der Waals surface area (Å²) in [6.45, 7) is 1.60. The average Bonchev–Trinajstić information content (AvgIpc) is 2.44. The molecule has 11 heteroatoms. The van der Waals surface area contributed by atoms with Crippen LogP contribution in [0.25, 0.3) is 0 Å². The number of hydrogen-bond acceptors (Lipinski definition) is 2. The van der Waals surface area contributed by atoms with Crippen LogP contribution < -0.4 is 16.0 Å². The summed E-state index contributed by atoms with van der Waals surface area (Å²) in [7, 11) is 0. The highest BCUT2D eigenvalue weighted by Crippen LogP contribution is 2.31. The summed E-state index contributed by atoms with van der Waals surface area (Å²) < 4.78 is 36.1. The third kappa shape index (κ3) is 6.88. The molecule has 1 atom stereocenters. The summed E-state index contributed by atoms with van der Waals surface area (Å²) in [5, 5.41) is 7.36. The lowest BCUT2D eigenvalue weighted by molar-refractivity contribution is -0.137. The Labute approximate surface area is 157 Å². The lowest BCUT2D eigenvalue weighted by Gasteiger charge is -2.27. The predicted octanol–water partition coefficient (Wildman–Crippen LogP) is 4.21. The summed E-state index contributed by atoms with van der Waals surface area (Å²) in [5.74, 6) is -0.402. The van der Waals surface area contributed by atoms with E-state index in [0.717, 1.165) is 12.1 Å². The van der Waals surface area contributed by atoms with Crippen LogP contribution in [-0.2, 0) is 11.0 Å². The number of benzene rings is 1. The van der Waals surface area contributed by atoms with E-state index < -0.39 is 27.6 Å². The number of nitrogens with one attached hydrogen (secondary N) is 3. The molecule has 0 saturated carbocycles. The lowest BCUT2D eigenvalue weighted by atomic mass is 10.2. The Morgan fingerprint density at radius 2 is 1.88 bits per heavy atom. The van der Waals surface area contributed by atoms with Crippen LogP contribution in [-0.4, -0.2) is 21.0 Å². The van der Waals surface area contributed by atoms with Gasteiger partial charge in [0.25, 0.3) is 0 Å². The van der Waals surface area contributed by atoms with Gasteiger partial charge in [-0.1, -0.05) is 47.8 Å². The standard InChI is InChI=1S/C13H13Cl3F3N3OS/c1-2-9(23)21-10(12(14,15)16)22-11(24)20-8-5-3-4-7(6-8)13(17,18)19/h3-6,10H,2H2,1H3,(H,21,23)(H2,20,22,24). The Balaban J connectivity index is 2.81. The molecule has 4 nitrogen and oxygen atoms in total. The maximum Gasteiger partial charge on any atom is 0.416 e. The molecular formula is C13H13Cl3F3N3OS. The van der Waals surface area contributed by atoms with Gasteiger partial charge in [-0.2, -0.15) is 13.2 Å². The van der Waals surface area contributed by atoms with Gasteiger partial charge in [0.2, 0.25) is 9.70 Å². The molecule has 0 saturated heterocycles. The van der Waals surface area contributed by atoms with Crippen LogP contribution in [0.5, 0.6) is 0 Å². The molecule has 0 aliphatic heterocycles. The molecule has 0 spiro atoms. The SMILES string of the molecule is CCC(=O)NC(NC(=S)Nc1cccc(C(F)(F)F)c1)C(Cl)(Cl)Cl. The Morgan fingerprint density at radius 1 is 1.25 bits per heavy atom. The van der Waals surface area contributed by atoms with Gasteiger partial charge in [-0.3, -0.25) is 4.79 Å². The maximum absolute atomic E-state index is 12.7. The van der Waals surface area contributed by atoms with Gasteiger partial charge in [0.15, 0.2) is 5.11 Å². The highest BCUT2D eigenvalue weighted by Gasteiger charge is 2.34. The fourth-order valence-corrected chi connectivity index (χ4v) is 2.10. The largest absolute Gasteiger partial charge is 0.416 e. The van der Waals surface area contributed by atoms with Crippen molar-refractivity contribution in [2.45, 2.75) is 29.5 Å². The van der Waals surface area contributed by atoms with E-state index in [9.17, 15) is 18.0 Å². The molecule has 24 heavy (non-hydrogen) atoms. The number of rotatable bonds is 4. The topological polar surface area (TPSA) is 53.2 Å². The Bertz CT molecular complexity index is 608. The molecule has 0 bridgehead atoms. The second-order valence-electron chi connectivity index (χ2n) is 4.57. The van der Waals surface area contributed by atoms with Crippen molar-refractivity contribution in [1.82, 2.24) is 10.6 Å². The van der Waals surface area contributed by atoms with Crippen LogP contribution in [0.1, 0.15) is 18.9 Å². The van der Waals surface area contributed by atoms with E-state index >= 15 is 0 Å². The second kappa shape index (κ2) is 8.42. The van der Waals surface area contributed by atoms with Gasteiger partial charge in [0, 0.05) is 12.1 Å². The van der Waals surface area contributed by atoms with Gasteiger partial charge in [-0.05, 0) is 30.4 Å². The first kappa shape index (κ1) is 21.1. The lowest BCUT2D eigenvalue weighted by Crippen LogP contribution is -2.56. The van der Waals surface area contributed by atoms with Gasteiger partial charge < -0.3 is 16.0 Å². The van der Waals surface area contributed by atoms with Crippen molar-refractivity contribution in [2.24, 2.45) is 0 Å². The zero-order valence-electron chi connectivity index (χ0n) is 12.2. The highest BCUT2D eigenvalue weighted by molar-refractivity contribution is 7.80. The molecule has 0 heterocycles. The quantitative estimate of drug-likeness (QED) is 0.386. The van der Waals surface area contributed by atoms with E-state index in [1.807, 2.05) is 0 Å². The first-order chi connectivity index (χ1) is 10.9. The summed E-state index contributed by atoms with van der Waals surface area (Å²) in [5.41, 5.74) is -0.750. The van der Waals surface area contributed by atoms with E-state index in [1.54, 1.807) is 6.92 Å². The molecule has 1 aromatic carbocycles. The van der Waals surface area contributed by atoms with E-state index in [2.05, 4.69) is 16.0 Å². The number of amides is 1. The van der Waals surface area contributed by atoms with Gasteiger partial charge in [0.1, 0.15) is 6.17 Å². The minimum absolute atomic E-state index is 0.0900. The Kier molecular flexibility index (Phi) is 7.40. The van der Waals surface area contributed by atoms with E-state index in [4.69, 9.17) is 47.0 Å². The highest BCUT2D eigenvalue weighted by atomic mass is 35.6. The molecular weight excluding hydrogens is 410 g/mol. The van der Waals surface area contributed by atoms with Crippen LogP contribution in [0.4, 0.5) is 18.9 Å². The molecule has 0 aliphatic carbocycles. The normalized spacial score (nSPS) is 13.1. The van der Waals surface area contributed by atoms with E-state index in [-0.39, 0.29) is 17.2 Å². The molecule has 1 unspecified atom stereocenters. The van der Waals surface area contributed by atoms with Gasteiger partial charge in [0.05, 0.1) is 5.56 Å². The number of hydrogen-bond donors (Lipinski definition) is 3.